The maximum atomic E-state index is 2.56. The van der Waals surface area contributed by atoms with Crippen molar-refractivity contribution in [1.29, 1.82) is 0 Å². The van der Waals surface area contributed by atoms with Gasteiger partial charge in [-0.3, -0.25) is 4.90 Å². The number of hydrogen-bond donors (Lipinski definition) is 0. The van der Waals surface area contributed by atoms with Gasteiger partial charge >= 0.3 is 0 Å². The number of rotatable bonds is 0. The molecule has 0 aromatic rings. The molecule has 2 aliphatic heterocycles. The molecule has 0 spiro atoms. The van der Waals surface area contributed by atoms with Crippen LogP contribution in [0.1, 0.15) is 19.3 Å². The lowest BCUT2D eigenvalue weighted by Crippen LogP contribution is -2.09. The second-order valence-corrected chi connectivity index (χ2v) is 2.64. The van der Waals surface area contributed by atoms with Crippen LogP contribution in [0.25, 0.3) is 0 Å². The summed E-state index contributed by atoms with van der Waals surface area (Å²) in [7, 11) is 0. The van der Waals surface area contributed by atoms with E-state index in [0.717, 1.165) is 6.04 Å². The van der Waals surface area contributed by atoms with E-state index >= 15 is 0 Å². The van der Waals surface area contributed by atoms with E-state index in [2.05, 4.69) is 4.90 Å². The summed E-state index contributed by atoms with van der Waals surface area (Å²) in [4.78, 5) is 2.56. The summed E-state index contributed by atoms with van der Waals surface area (Å²) in [5, 5.41) is 0. The maximum absolute atomic E-state index is 2.56. The molecule has 0 aromatic heterocycles. The third-order valence-corrected chi connectivity index (χ3v) is 2.06. The number of nitrogens with zero attached hydrogens (tertiary/aromatic N) is 1. The largest absolute Gasteiger partial charge is 0.298 e. The molecule has 0 aromatic carbocycles. The molecule has 40 valence electrons. The van der Waals surface area contributed by atoms with Gasteiger partial charge in [0.15, 0.2) is 0 Å². The van der Waals surface area contributed by atoms with E-state index in [-0.39, 0.29) is 0 Å². The molecule has 0 radical (unpaired) electrons. The molecule has 2 fully saturated rings. The lowest BCUT2D eigenvalue weighted by atomic mass is 10.1. The smallest absolute Gasteiger partial charge is 0.0223 e. The van der Waals surface area contributed by atoms with Crippen molar-refractivity contribution in [1.82, 2.24) is 4.90 Å². The van der Waals surface area contributed by atoms with Gasteiger partial charge < -0.3 is 0 Å². The van der Waals surface area contributed by atoms with E-state index in [1.165, 1.54) is 32.4 Å². The first-order chi connectivity index (χ1) is 3.47. The van der Waals surface area contributed by atoms with Crippen LogP contribution in [0.4, 0.5) is 0 Å². The minimum atomic E-state index is 1.04. The molecule has 2 saturated heterocycles. The highest BCUT2D eigenvalue weighted by atomic mass is 15.3. The normalized spacial score (nSPS) is 48.0. The lowest BCUT2D eigenvalue weighted by molar-refractivity contribution is 0.410. The molecular formula is C6H11N. The maximum Gasteiger partial charge on any atom is 0.0223 e. The third kappa shape index (κ3) is 0.556. The van der Waals surface area contributed by atoms with E-state index in [4.69, 9.17) is 0 Å². The van der Waals surface area contributed by atoms with Crippen molar-refractivity contribution < 1.29 is 0 Å². The molecule has 0 N–H and O–H groups in total. The van der Waals surface area contributed by atoms with Gasteiger partial charge in [0, 0.05) is 12.6 Å². The predicted octanol–water partition coefficient (Wildman–Crippen LogP) is 0.855. The first kappa shape index (κ1) is 3.90. The van der Waals surface area contributed by atoms with Crippen molar-refractivity contribution in [3.63, 3.8) is 0 Å². The van der Waals surface area contributed by atoms with E-state index in [1.807, 2.05) is 0 Å². The van der Waals surface area contributed by atoms with E-state index < -0.39 is 0 Å². The average molecular weight is 97.2 g/mol. The molecule has 0 aliphatic carbocycles. The Morgan fingerprint density at radius 2 is 2.29 bits per heavy atom. The van der Waals surface area contributed by atoms with Gasteiger partial charge in [-0.1, -0.05) is 6.42 Å². The summed E-state index contributed by atoms with van der Waals surface area (Å²) in [5.74, 6) is 0. The van der Waals surface area contributed by atoms with Crippen molar-refractivity contribution in [2.24, 2.45) is 0 Å². The van der Waals surface area contributed by atoms with E-state index in [9.17, 15) is 0 Å². The van der Waals surface area contributed by atoms with Crippen LogP contribution in [-0.4, -0.2) is 24.0 Å². The second kappa shape index (κ2) is 1.22. The minimum Gasteiger partial charge on any atom is -0.298 e. The fourth-order valence-electron chi connectivity index (χ4n) is 1.47. The van der Waals surface area contributed by atoms with Gasteiger partial charge in [0.05, 0.1) is 0 Å². The van der Waals surface area contributed by atoms with E-state index in [1.54, 1.807) is 0 Å². The summed E-state index contributed by atoms with van der Waals surface area (Å²) in [6, 6.07) is 1.04. The highest BCUT2D eigenvalue weighted by molar-refractivity contribution is 4.91. The Balaban J connectivity index is 1.95. The summed E-state index contributed by atoms with van der Waals surface area (Å²) in [6.07, 6.45) is 4.43. The summed E-state index contributed by atoms with van der Waals surface area (Å²) in [6.45, 7) is 2.81. The molecule has 2 unspecified atom stereocenters. The fraction of sp³-hybridized carbons (Fsp3) is 1.00. The van der Waals surface area contributed by atoms with Gasteiger partial charge in [0.2, 0.25) is 0 Å². The van der Waals surface area contributed by atoms with Crippen molar-refractivity contribution in [2.45, 2.75) is 25.3 Å². The van der Waals surface area contributed by atoms with Crippen molar-refractivity contribution in [3.05, 3.63) is 0 Å². The van der Waals surface area contributed by atoms with Crippen molar-refractivity contribution >= 4 is 0 Å². The lowest BCUT2D eigenvalue weighted by Gasteiger charge is -2.07. The van der Waals surface area contributed by atoms with Gasteiger partial charge in [-0.2, -0.15) is 0 Å². The zero-order valence-corrected chi connectivity index (χ0v) is 4.56. The van der Waals surface area contributed by atoms with Crippen LogP contribution in [0.2, 0.25) is 0 Å². The minimum absolute atomic E-state index is 1.04. The Hall–Kier alpha value is -0.0400. The van der Waals surface area contributed by atoms with Crippen molar-refractivity contribution in [2.75, 3.05) is 13.1 Å². The van der Waals surface area contributed by atoms with Gasteiger partial charge in [0.1, 0.15) is 0 Å². The monoisotopic (exact) mass is 97.1 g/mol. The first-order valence-electron chi connectivity index (χ1n) is 3.21. The Kier molecular flexibility index (Phi) is 0.680. The zero-order chi connectivity index (χ0) is 4.69. The number of piperidine rings is 1. The zero-order valence-electron chi connectivity index (χ0n) is 4.56. The first-order valence-corrected chi connectivity index (χ1v) is 3.21. The molecule has 1 heteroatoms. The molecule has 7 heavy (non-hydrogen) atoms. The number of hydrogen-bond acceptors (Lipinski definition) is 1. The SMILES string of the molecule is C1CCN2CC2C1. The fourth-order valence-corrected chi connectivity index (χ4v) is 1.47. The Morgan fingerprint density at radius 3 is 2.86 bits per heavy atom. The second-order valence-electron chi connectivity index (χ2n) is 2.64. The Labute approximate surface area is 44.3 Å². The average Bonchev–Trinajstić information content (AvgIpc) is 2.41. The Morgan fingerprint density at radius 1 is 1.29 bits per heavy atom. The van der Waals surface area contributed by atoms with Gasteiger partial charge in [-0.05, 0) is 19.4 Å². The van der Waals surface area contributed by atoms with Crippen LogP contribution in [0, 0.1) is 0 Å². The molecule has 0 saturated carbocycles. The third-order valence-electron chi connectivity index (χ3n) is 2.06. The van der Waals surface area contributed by atoms with Gasteiger partial charge in [0.25, 0.3) is 0 Å². The van der Waals surface area contributed by atoms with Crippen LogP contribution in [0.3, 0.4) is 0 Å². The quantitative estimate of drug-likeness (QED) is 0.405. The standard InChI is InChI=1S/C6H11N/c1-2-4-7-5-6(7)3-1/h6H,1-5H2. The van der Waals surface area contributed by atoms with Crippen LogP contribution < -0.4 is 0 Å². The topological polar surface area (TPSA) is 3.01 Å². The van der Waals surface area contributed by atoms with Crippen LogP contribution >= 0.6 is 0 Å². The van der Waals surface area contributed by atoms with Gasteiger partial charge in [-0.25, -0.2) is 0 Å². The molecule has 2 rings (SSSR count). The molecule has 0 amide bonds. The molecular weight excluding hydrogens is 86.1 g/mol. The van der Waals surface area contributed by atoms with Crippen LogP contribution in [0.15, 0.2) is 0 Å². The predicted molar refractivity (Wildman–Crippen MR) is 29.2 cm³/mol. The summed E-state index contributed by atoms with van der Waals surface area (Å²) in [5.41, 5.74) is 0. The highest BCUT2D eigenvalue weighted by Gasteiger charge is 2.34. The van der Waals surface area contributed by atoms with E-state index in [0.29, 0.717) is 0 Å². The molecule has 1 nitrogen and oxygen atoms in total. The molecule has 2 aliphatic rings. The molecule has 2 atom stereocenters. The Bertz CT molecular complexity index is 70.2. The van der Waals surface area contributed by atoms with Crippen LogP contribution in [-0.2, 0) is 0 Å². The van der Waals surface area contributed by atoms with Gasteiger partial charge in [-0.15, -0.1) is 0 Å². The van der Waals surface area contributed by atoms with Crippen LogP contribution in [0.5, 0.6) is 0 Å². The highest BCUT2D eigenvalue weighted by Crippen LogP contribution is 2.27. The summed E-state index contributed by atoms with van der Waals surface area (Å²) >= 11 is 0. The molecule has 0 bridgehead atoms. The number of fused-ring (bicyclic) bond motifs is 1. The summed E-state index contributed by atoms with van der Waals surface area (Å²) < 4.78 is 0. The van der Waals surface area contributed by atoms with Crippen molar-refractivity contribution in [3.8, 4) is 0 Å². The molecule has 2 heterocycles.